The van der Waals surface area contributed by atoms with E-state index in [-0.39, 0.29) is 43.5 Å². The third-order valence-electron chi connectivity index (χ3n) is 4.97. The molecule has 0 spiro atoms. The SMILES string of the molecule is COC(=O)c1c(NC[C@H](O)COCC2CC2)ncnc1NC[C@H](O)COCC1CC1. The second-order valence-electron chi connectivity index (χ2n) is 7.97. The van der Waals surface area contributed by atoms with Gasteiger partial charge >= 0.3 is 5.97 Å². The van der Waals surface area contributed by atoms with Crippen molar-refractivity contribution in [2.45, 2.75) is 37.9 Å². The Hall–Kier alpha value is -2.01. The molecule has 0 aromatic carbocycles. The van der Waals surface area contributed by atoms with Crippen LogP contribution in [-0.2, 0) is 14.2 Å². The summed E-state index contributed by atoms with van der Waals surface area (Å²) in [5.41, 5.74) is 0.109. The van der Waals surface area contributed by atoms with Crippen molar-refractivity contribution in [2.24, 2.45) is 11.8 Å². The first-order valence-corrected chi connectivity index (χ1v) is 10.5. The lowest BCUT2D eigenvalue weighted by Gasteiger charge is -2.17. The average molecular weight is 424 g/mol. The van der Waals surface area contributed by atoms with E-state index >= 15 is 0 Å². The van der Waals surface area contributed by atoms with Crippen molar-refractivity contribution >= 4 is 17.6 Å². The Morgan fingerprint density at radius 3 is 1.87 bits per heavy atom. The second-order valence-corrected chi connectivity index (χ2v) is 7.97. The maximum absolute atomic E-state index is 12.3. The van der Waals surface area contributed by atoms with Crippen LogP contribution < -0.4 is 10.6 Å². The minimum absolute atomic E-state index is 0.109. The van der Waals surface area contributed by atoms with Crippen LogP contribution in [0.25, 0.3) is 0 Å². The molecule has 10 nitrogen and oxygen atoms in total. The molecule has 10 heteroatoms. The number of hydrogen-bond acceptors (Lipinski definition) is 10. The summed E-state index contributed by atoms with van der Waals surface area (Å²) in [6, 6.07) is 0. The quantitative estimate of drug-likeness (QED) is 0.297. The van der Waals surface area contributed by atoms with Crippen LogP contribution in [0.3, 0.4) is 0 Å². The molecule has 1 aromatic heterocycles. The number of ether oxygens (including phenoxy) is 3. The van der Waals surface area contributed by atoms with Crippen LogP contribution in [-0.4, -0.2) is 85.0 Å². The van der Waals surface area contributed by atoms with Gasteiger partial charge in [0.25, 0.3) is 0 Å². The number of nitrogens with zero attached hydrogens (tertiary/aromatic N) is 2. The van der Waals surface area contributed by atoms with Gasteiger partial charge in [-0.2, -0.15) is 0 Å². The molecule has 2 atom stereocenters. The molecule has 2 saturated carbocycles. The zero-order valence-electron chi connectivity index (χ0n) is 17.4. The summed E-state index contributed by atoms with van der Waals surface area (Å²) >= 11 is 0. The van der Waals surface area contributed by atoms with E-state index in [1.807, 2.05) is 0 Å². The predicted molar refractivity (Wildman–Crippen MR) is 109 cm³/mol. The number of anilines is 2. The van der Waals surface area contributed by atoms with Gasteiger partial charge in [0.2, 0.25) is 0 Å². The fraction of sp³-hybridized carbons (Fsp3) is 0.750. The molecule has 0 saturated heterocycles. The van der Waals surface area contributed by atoms with Crippen molar-refractivity contribution < 1.29 is 29.2 Å². The van der Waals surface area contributed by atoms with E-state index in [0.29, 0.717) is 25.0 Å². The van der Waals surface area contributed by atoms with Crippen LogP contribution in [0.15, 0.2) is 6.33 Å². The summed E-state index contributed by atoms with van der Waals surface area (Å²) in [6.07, 6.45) is 4.56. The highest BCUT2D eigenvalue weighted by atomic mass is 16.5. The standard InChI is InChI=1S/C20H32N4O6/c1-28-20(27)17-18(21-6-15(25)10-29-8-13-2-3-13)23-12-24-19(17)22-7-16(26)11-30-9-14-4-5-14/h12-16,25-26H,2-11H2,1H3,(H2,21,22,23,24)/t15-,16-/m0/s1. The lowest BCUT2D eigenvalue weighted by molar-refractivity contribution is 0.0384. The number of nitrogens with one attached hydrogen (secondary N) is 2. The Morgan fingerprint density at radius 2 is 1.47 bits per heavy atom. The zero-order chi connectivity index (χ0) is 21.3. The molecule has 0 radical (unpaired) electrons. The number of aliphatic hydroxyl groups excluding tert-OH is 2. The van der Waals surface area contributed by atoms with Crippen LogP contribution in [0.2, 0.25) is 0 Å². The summed E-state index contributed by atoms with van der Waals surface area (Å²) < 4.78 is 15.8. The molecule has 0 bridgehead atoms. The average Bonchev–Trinajstić information content (AvgIpc) is 3.66. The van der Waals surface area contributed by atoms with E-state index in [1.165, 1.54) is 39.1 Å². The van der Waals surface area contributed by atoms with E-state index in [2.05, 4.69) is 20.6 Å². The molecule has 4 N–H and O–H groups in total. The van der Waals surface area contributed by atoms with Crippen molar-refractivity contribution in [1.82, 2.24) is 9.97 Å². The van der Waals surface area contributed by atoms with Crippen LogP contribution in [0.4, 0.5) is 11.6 Å². The molecule has 2 fully saturated rings. The largest absolute Gasteiger partial charge is 0.465 e. The maximum Gasteiger partial charge on any atom is 0.345 e. The number of rotatable bonds is 15. The van der Waals surface area contributed by atoms with E-state index in [1.54, 1.807) is 0 Å². The monoisotopic (exact) mass is 424 g/mol. The predicted octanol–water partition coefficient (Wildman–Crippen LogP) is 0.662. The van der Waals surface area contributed by atoms with Crippen LogP contribution in [0.5, 0.6) is 0 Å². The zero-order valence-corrected chi connectivity index (χ0v) is 17.4. The van der Waals surface area contributed by atoms with Gasteiger partial charge in [-0.3, -0.25) is 0 Å². The van der Waals surface area contributed by atoms with Gasteiger partial charge in [-0.15, -0.1) is 0 Å². The Morgan fingerprint density at radius 1 is 1.00 bits per heavy atom. The normalized spacial score (nSPS) is 18.0. The van der Waals surface area contributed by atoms with Gasteiger partial charge in [0.05, 0.1) is 32.5 Å². The molecular weight excluding hydrogens is 392 g/mol. The number of hydrogen-bond donors (Lipinski definition) is 4. The molecule has 0 unspecified atom stereocenters. The van der Waals surface area contributed by atoms with E-state index in [9.17, 15) is 15.0 Å². The first-order valence-electron chi connectivity index (χ1n) is 10.5. The Bertz CT molecular complexity index is 637. The summed E-state index contributed by atoms with van der Waals surface area (Å²) in [4.78, 5) is 20.5. The van der Waals surface area contributed by atoms with Crippen LogP contribution in [0, 0.1) is 11.8 Å². The number of carbonyl (C=O) groups is 1. The van der Waals surface area contributed by atoms with Gasteiger partial charge in [-0.1, -0.05) is 0 Å². The summed E-state index contributed by atoms with van der Waals surface area (Å²) in [6.45, 7) is 2.06. The van der Waals surface area contributed by atoms with Crippen LogP contribution in [0.1, 0.15) is 36.0 Å². The van der Waals surface area contributed by atoms with Crippen molar-refractivity contribution in [3.05, 3.63) is 11.9 Å². The Labute approximate surface area is 176 Å². The molecule has 1 heterocycles. The Kier molecular flexibility index (Phi) is 8.61. The van der Waals surface area contributed by atoms with Gasteiger partial charge in [0.1, 0.15) is 23.5 Å². The van der Waals surface area contributed by atoms with Crippen LogP contribution >= 0.6 is 0 Å². The van der Waals surface area contributed by atoms with Gasteiger partial charge < -0.3 is 35.1 Å². The van der Waals surface area contributed by atoms with Crippen molar-refractivity contribution in [2.75, 3.05) is 57.3 Å². The van der Waals surface area contributed by atoms with Gasteiger partial charge in [0, 0.05) is 26.3 Å². The summed E-state index contributed by atoms with van der Waals surface area (Å²) in [5, 5.41) is 26.1. The fourth-order valence-electron chi connectivity index (χ4n) is 2.81. The highest BCUT2D eigenvalue weighted by Gasteiger charge is 2.24. The van der Waals surface area contributed by atoms with Gasteiger partial charge in [0.15, 0.2) is 0 Å². The molecule has 0 amide bonds. The van der Waals surface area contributed by atoms with E-state index in [0.717, 1.165) is 0 Å². The number of aromatic nitrogens is 2. The number of methoxy groups -OCH3 is 1. The number of carbonyl (C=O) groups excluding carboxylic acids is 1. The minimum atomic E-state index is -0.744. The lowest BCUT2D eigenvalue weighted by atomic mass is 10.2. The van der Waals surface area contributed by atoms with E-state index < -0.39 is 18.2 Å². The highest BCUT2D eigenvalue weighted by Crippen LogP contribution is 2.29. The maximum atomic E-state index is 12.3. The van der Waals surface area contributed by atoms with Crippen molar-refractivity contribution in [3.63, 3.8) is 0 Å². The molecule has 2 aliphatic rings. The number of esters is 1. The summed E-state index contributed by atoms with van der Waals surface area (Å²) in [7, 11) is 1.27. The van der Waals surface area contributed by atoms with Crippen molar-refractivity contribution in [3.8, 4) is 0 Å². The van der Waals surface area contributed by atoms with E-state index in [4.69, 9.17) is 14.2 Å². The molecule has 2 aliphatic carbocycles. The molecule has 0 aliphatic heterocycles. The highest BCUT2D eigenvalue weighted by molar-refractivity contribution is 5.99. The lowest BCUT2D eigenvalue weighted by Crippen LogP contribution is -2.28. The van der Waals surface area contributed by atoms with Crippen molar-refractivity contribution in [1.29, 1.82) is 0 Å². The van der Waals surface area contributed by atoms with Gasteiger partial charge in [-0.25, -0.2) is 14.8 Å². The molecule has 168 valence electrons. The third kappa shape index (κ3) is 7.67. The molecule has 3 rings (SSSR count). The second kappa shape index (κ2) is 11.4. The van der Waals surface area contributed by atoms with Gasteiger partial charge in [-0.05, 0) is 37.5 Å². The topological polar surface area (TPSA) is 135 Å². The fourth-order valence-corrected chi connectivity index (χ4v) is 2.81. The number of aliphatic hydroxyl groups is 2. The molecule has 30 heavy (non-hydrogen) atoms. The first kappa shape index (κ1) is 22.7. The Balaban J connectivity index is 1.50. The smallest absolute Gasteiger partial charge is 0.345 e. The molecular formula is C20H32N4O6. The first-order chi connectivity index (χ1) is 14.6. The third-order valence-corrected chi connectivity index (χ3v) is 4.97. The summed E-state index contributed by atoms with van der Waals surface area (Å²) in [5.74, 6) is 1.10. The minimum Gasteiger partial charge on any atom is -0.465 e. The molecule has 1 aromatic rings.